The fraction of sp³-hybridized carbons (Fsp3) is 0.680. The number of nitrogens with one attached hydrogen (secondary N) is 1. The first-order valence-corrected chi connectivity index (χ1v) is 13.9. The number of fused-ring (bicyclic) bond motifs is 1. The third kappa shape index (κ3) is 5.53. The van der Waals surface area contributed by atoms with Crippen LogP contribution in [-0.4, -0.2) is 53.7 Å². The van der Waals surface area contributed by atoms with Crippen molar-refractivity contribution in [2.45, 2.75) is 82.6 Å². The topological polar surface area (TPSA) is 84.3 Å². The van der Waals surface area contributed by atoms with Gasteiger partial charge in [0.25, 0.3) is 0 Å². The molecule has 1 aliphatic carbocycles. The summed E-state index contributed by atoms with van der Waals surface area (Å²) in [6.45, 7) is 9.76. The fourth-order valence-corrected chi connectivity index (χ4v) is 6.56. The molecule has 7 nitrogen and oxygen atoms in total. The Morgan fingerprint density at radius 3 is 2.43 bits per heavy atom. The molecule has 1 N–H and O–H groups in total. The van der Waals surface area contributed by atoms with E-state index in [1.807, 2.05) is 0 Å². The Labute approximate surface area is 206 Å². The van der Waals surface area contributed by atoms with E-state index in [0.29, 0.717) is 51.0 Å². The smallest absolute Gasteiger partial charge is 0.248 e. The Bertz CT molecular complexity index is 1190. The number of halogens is 2. The Balaban J connectivity index is 1.55. The molecule has 4 rings (SSSR count). The summed E-state index contributed by atoms with van der Waals surface area (Å²) >= 11 is 0. The predicted molar refractivity (Wildman–Crippen MR) is 131 cm³/mol. The molecule has 2 aliphatic rings. The summed E-state index contributed by atoms with van der Waals surface area (Å²) in [5.74, 6) is -1.53. The zero-order chi connectivity index (χ0) is 25.6. The number of hydrogen-bond acceptors (Lipinski definition) is 4. The maximum atomic E-state index is 13.7. The zero-order valence-corrected chi connectivity index (χ0v) is 21.8. The van der Waals surface area contributed by atoms with Crippen LogP contribution >= 0.6 is 0 Å². The summed E-state index contributed by atoms with van der Waals surface area (Å²) in [6, 6.07) is 5.03. The van der Waals surface area contributed by atoms with Crippen molar-refractivity contribution in [3.05, 3.63) is 24.0 Å². The largest absolute Gasteiger partial charge is 0.356 e. The lowest BCUT2D eigenvalue weighted by molar-refractivity contribution is -0.121. The van der Waals surface area contributed by atoms with Crippen molar-refractivity contribution in [1.82, 2.24) is 19.2 Å². The molecule has 1 amide bonds. The van der Waals surface area contributed by atoms with Crippen molar-refractivity contribution in [3.63, 3.8) is 0 Å². The van der Waals surface area contributed by atoms with Gasteiger partial charge in [-0.25, -0.2) is 22.2 Å². The Hall–Kier alpha value is -2.07. The lowest BCUT2D eigenvalue weighted by Crippen LogP contribution is -2.53. The highest BCUT2D eigenvalue weighted by Gasteiger charge is 2.38. The molecule has 2 heterocycles. The van der Waals surface area contributed by atoms with Crippen LogP contribution in [-0.2, 0) is 26.8 Å². The van der Waals surface area contributed by atoms with E-state index in [1.54, 1.807) is 25.1 Å². The highest BCUT2D eigenvalue weighted by Crippen LogP contribution is 2.38. The van der Waals surface area contributed by atoms with E-state index in [2.05, 4.69) is 30.7 Å². The predicted octanol–water partition coefficient (Wildman–Crippen LogP) is 4.31. The first kappa shape index (κ1) is 26.0. The van der Waals surface area contributed by atoms with Gasteiger partial charge < -0.3 is 9.88 Å². The van der Waals surface area contributed by atoms with E-state index >= 15 is 0 Å². The van der Waals surface area contributed by atoms with Crippen LogP contribution in [0.5, 0.6) is 0 Å². The average molecular weight is 511 g/mol. The number of amides is 1. The number of sulfonamides is 1. The SMILES string of the molecule is CCC(=O)NCC1CN(S(=O)(=O)c2ccc3c(c2)nc(C(C)(C)C)n3CC2CCC(F)(F)CC2)C1. The van der Waals surface area contributed by atoms with E-state index < -0.39 is 15.9 Å². The van der Waals surface area contributed by atoms with Gasteiger partial charge in [0, 0.05) is 56.8 Å². The standard InChI is InChI=1S/C25H36F2N4O3S/c1-5-22(32)28-13-18-14-30(15-18)35(33,34)19-6-7-21-20(12-19)29-23(24(2,3)4)31(21)16-17-8-10-25(26,27)11-9-17/h6-7,12,17-18H,5,8-11,13-16H2,1-4H3,(H,28,32). The lowest BCUT2D eigenvalue weighted by atomic mass is 9.86. The summed E-state index contributed by atoms with van der Waals surface area (Å²) in [5, 5.41) is 2.82. The molecule has 1 aliphatic heterocycles. The molecule has 2 fully saturated rings. The molecule has 0 atom stereocenters. The van der Waals surface area contributed by atoms with Crippen molar-refractivity contribution in [3.8, 4) is 0 Å². The van der Waals surface area contributed by atoms with Crippen LogP contribution in [0.3, 0.4) is 0 Å². The molecule has 2 aromatic rings. The molecule has 35 heavy (non-hydrogen) atoms. The van der Waals surface area contributed by atoms with E-state index in [1.165, 1.54) is 4.31 Å². The van der Waals surface area contributed by atoms with Gasteiger partial charge in [-0.15, -0.1) is 0 Å². The molecular formula is C25H36F2N4O3S. The molecular weight excluding hydrogens is 474 g/mol. The third-order valence-electron chi connectivity index (χ3n) is 7.14. The number of benzene rings is 1. The Kier molecular flexibility index (Phi) is 7.00. The van der Waals surface area contributed by atoms with Gasteiger partial charge in [0.15, 0.2) is 0 Å². The quantitative estimate of drug-likeness (QED) is 0.602. The van der Waals surface area contributed by atoms with Crippen LogP contribution in [0.15, 0.2) is 23.1 Å². The van der Waals surface area contributed by atoms with Crippen LogP contribution in [0.1, 0.15) is 65.6 Å². The van der Waals surface area contributed by atoms with Gasteiger partial charge in [-0.05, 0) is 37.0 Å². The average Bonchev–Trinajstić information content (AvgIpc) is 3.12. The van der Waals surface area contributed by atoms with Crippen molar-refractivity contribution in [2.75, 3.05) is 19.6 Å². The summed E-state index contributed by atoms with van der Waals surface area (Å²) in [5.41, 5.74) is 1.14. The number of carbonyl (C=O) groups excluding carboxylic acids is 1. The first-order valence-electron chi connectivity index (χ1n) is 12.5. The van der Waals surface area contributed by atoms with Gasteiger partial charge in [0.1, 0.15) is 5.82 Å². The molecule has 194 valence electrons. The molecule has 0 spiro atoms. The van der Waals surface area contributed by atoms with Crippen molar-refractivity contribution < 1.29 is 22.0 Å². The van der Waals surface area contributed by atoms with Gasteiger partial charge in [0.05, 0.1) is 15.9 Å². The molecule has 10 heteroatoms. The molecule has 1 aromatic heterocycles. The maximum absolute atomic E-state index is 13.7. The molecule has 1 saturated heterocycles. The van der Waals surface area contributed by atoms with Gasteiger partial charge in [-0.1, -0.05) is 27.7 Å². The van der Waals surface area contributed by atoms with Crippen molar-refractivity contribution in [2.24, 2.45) is 11.8 Å². The fourth-order valence-electron chi connectivity index (χ4n) is 4.95. The number of hydrogen-bond donors (Lipinski definition) is 1. The lowest BCUT2D eigenvalue weighted by Gasteiger charge is -2.38. The molecule has 0 unspecified atom stereocenters. The number of aromatic nitrogens is 2. The van der Waals surface area contributed by atoms with E-state index in [4.69, 9.17) is 4.98 Å². The molecule has 1 saturated carbocycles. The number of imidazole rings is 1. The van der Waals surface area contributed by atoms with Gasteiger partial charge in [-0.3, -0.25) is 4.79 Å². The van der Waals surface area contributed by atoms with E-state index in [0.717, 1.165) is 11.3 Å². The van der Waals surface area contributed by atoms with Crippen molar-refractivity contribution in [1.29, 1.82) is 0 Å². The monoisotopic (exact) mass is 510 g/mol. The number of nitrogens with zero attached hydrogens (tertiary/aromatic N) is 3. The summed E-state index contributed by atoms with van der Waals surface area (Å²) in [7, 11) is -3.66. The molecule has 1 aromatic carbocycles. The van der Waals surface area contributed by atoms with Crippen LogP contribution in [0.4, 0.5) is 8.78 Å². The van der Waals surface area contributed by atoms with E-state index in [9.17, 15) is 22.0 Å². The van der Waals surface area contributed by atoms with E-state index in [-0.39, 0.29) is 40.9 Å². The number of carbonyl (C=O) groups is 1. The zero-order valence-electron chi connectivity index (χ0n) is 21.0. The first-order chi connectivity index (χ1) is 16.3. The Morgan fingerprint density at radius 2 is 1.83 bits per heavy atom. The molecule has 0 bridgehead atoms. The minimum atomic E-state index is -3.66. The number of rotatable bonds is 7. The second kappa shape index (κ2) is 9.42. The second-order valence-electron chi connectivity index (χ2n) is 11.1. The van der Waals surface area contributed by atoms with Gasteiger partial charge in [-0.2, -0.15) is 4.31 Å². The van der Waals surface area contributed by atoms with Crippen LogP contribution in [0.2, 0.25) is 0 Å². The van der Waals surface area contributed by atoms with Crippen LogP contribution in [0.25, 0.3) is 11.0 Å². The minimum absolute atomic E-state index is 0.0380. The van der Waals surface area contributed by atoms with Crippen LogP contribution < -0.4 is 5.32 Å². The summed E-state index contributed by atoms with van der Waals surface area (Å²) < 4.78 is 57.2. The number of alkyl halides is 2. The van der Waals surface area contributed by atoms with Gasteiger partial charge >= 0.3 is 0 Å². The molecule has 0 radical (unpaired) electrons. The highest BCUT2D eigenvalue weighted by atomic mass is 32.2. The normalized spacial score (nSPS) is 20.2. The minimum Gasteiger partial charge on any atom is -0.356 e. The summed E-state index contributed by atoms with van der Waals surface area (Å²) in [4.78, 5) is 16.5. The third-order valence-corrected chi connectivity index (χ3v) is 8.97. The maximum Gasteiger partial charge on any atom is 0.248 e. The second-order valence-corrected chi connectivity index (χ2v) is 13.0. The summed E-state index contributed by atoms with van der Waals surface area (Å²) in [6.07, 6.45) is 1.17. The van der Waals surface area contributed by atoms with Gasteiger partial charge in [0.2, 0.25) is 21.9 Å². The highest BCUT2D eigenvalue weighted by molar-refractivity contribution is 7.89. The van der Waals surface area contributed by atoms with Crippen molar-refractivity contribution >= 4 is 27.0 Å². The Morgan fingerprint density at radius 1 is 1.17 bits per heavy atom. The van der Waals surface area contributed by atoms with Crippen LogP contribution in [0, 0.1) is 11.8 Å².